The minimum atomic E-state index is -0.0580. The van der Waals surface area contributed by atoms with E-state index in [9.17, 15) is 4.79 Å². The van der Waals surface area contributed by atoms with Crippen molar-refractivity contribution in [2.75, 3.05) is 27.2 Å². The summed E-state index contributed by atoms with van der Waals surface area (Å²) in [5.74, 6) is 0.746. The fourth-order valence-electron chi connectivity index (χ4n) is 2.78. The Morgan fingerprint density at radius 3 is 2.48 bits per heavy atom. The standard InChI is InChI=1S/C17H27N3O/c1-13(2)12-15-17(21)20(11-10-19(3)4)16(18-15)14-8-6-5-7-9-14/h5-9,13,15-16,18H,10-12H2,1-4H3. The average Bonchev–Trinajstić information content (AvgIpc) is 2.74. The number of rotatable bonds is 6. The van der Waals surface area contributed by atoms with Gasteiger partial charge in [-0.25, -0.2) is 0 Å². The Morgan fingerprint density at radius 2 is 1.90 bits per heavy atom. The summed E-state index contributed by atoms with van der Waals surface area (Å²) in [6, 6.07) is 10.2. The van der Waals surface area contributed by atoms with Crippen LogP contribution >= 0.6 is 0 Å². The molecule has 0 radical (unpaired) electrons. The minimum Gasteiger partial charge on any atom is -0.320 e. The van der Waals surface area contributed by atoms with Gasteiger partial charge >= 0.3 is 0 Å². The Morgan fingerprint density at radius 1 is 1.24 bits per heavy atom. The van der Waals surface area contributed by atoms with Crippen LogP contribution in [0, 0.1) is 5.92 Å². The van der Waals surface area contributed by atoms with Crippen LogP contribution in [0.1, 0.15) is 32.0 Å². The summed E-state index contributed by atoms with van der Waals surface area (Å²) in [7, 11) is 4.08. The van der Waals surface area contributed by atoms with Crippen LogP contribution in [-0.2, 0) is 4.79 Å². The van der Waals surface area contributed by atoms with Crippen molar-refractivity contribution in [3.8, 4) is 0 Å². The summed E-state index contributed by atoms with van der Waals surface area (Å²) < 4.78 is 0. The van der Waals surface area contributed by atoms with Crippen molar-refractivity contribution in [2.24, 2.45) is 5.92 Å². The van der Waals surface area contributed by atoms with Gasteiger partial charge in [0.05, 0.1) is 6.04 Å². The largest absolute Gasteiger partial charge is 0.320 e. The molecule has 1 N–H and O–H groups in total. The molecule has 2 unspecified atom stereocenters. The Hall–Kier alpha value is -1.39. The second kappa shape index (κ2) is 7.05. The van der Waals surface area contributed by atoms with E-state index in [1.807, 2.05) is 37.2 Å². The first-order valence-corrected chi connectivity index (χ1v) is 7.75. The summed E-state index contributed by atoms with van der Waals surface area (Å²) in [5, 5.41) is 3.52. The fraction of sp³-hybridized carbons (Fsp3) is 0.588. The quantitative estimate of drug-likeness (QED) is 0.871. The molecule has 4 heteroatoms. The smallest absolute Gasteiger partial charge is 0.241 e. The molecule has 116 valence electrons. The number of hydrogen-bond acceptors (Lipinski definition) is 3. The zero-order valence-electron chi connectivity index (χ0n) is 13.5. The molecule has 1 aliphatic rings. The van der Waals surface area contributed by atoms with Crippen molar-refractivity contribution >= 4 is 5.91 Å². The van der Waals surface area contributed by atoms with Gasteiger partial charge in [0.2, 0.25) is 5.91 Å². The molecule has 1 amide bonds. The Labute approximate surface area is 128 Å². The van der Waals surface area contributed by atoms with Crippen LogP contribution in [0.2, 0.25) is 0 Å². The van der Waals surface area contributed by atoms with E-state index in [4.69, 9.17) is 0 Å². The van der Waals surface area contributed by atoms with Crippen molar-refractivity contribution in [3.05, 3.63) is 35.9 Å². The van der Waals surface area contributed by atoms with Crippen LogP contribution < -0.4 is 5.32 Å². The molecular formula is C17H27N3O. The van der Waals surface area contributed by atoms with Gasteiger partial charge in [0.1, 0.15) is 6.17 Å². The lowest BCUT2D eigenvalue weighted by Crippen LogP contribution is -2.36. The van der Waals surface area contributed by atoms with E-state index in [2.05, 4.69) is 36.2 Å². The van der Waals surface area contributed by atoms with Crippen LogP contribution in [-0.4, -0.2) is 48.9 Å². The van der Waals surface area contributed by atoms with Crippen molar-refractivity contribution in [1.29, 1.82) is 0 Å². The minimum absolute atomic E-state index is 0.00222. The van der Waals surface area contributed by atoms with Gasteiger partial charge in [0.25, 0.3) is 0 Å². The van der Waals surface area contributed by atoms with E-state index in [0.29, 0.717) is 5.92 Å². The van der Waals surface area contributed by atoms with E-state index in [-0.39, 0.29) is 18.1 Å². The number of hydrogen-bond donors (Lipinski definition) is 1. The molecule has 0 saturated carbocycles. The molecule has 1 heterocycles. The molecule has 21 heavy (non-hydrogen) atoms. The van der Waals surface area contributed by atoms with Crippen molar-refractivity contribution in [3.63, 3.8) is 0 Å². The van der Waals surface area contributed by atoms with Crippen LogP contribution in [0.4, 0.5) is 0 Å². The highest BCUT2D eigenvalue weighted by atomic mass is 16.2. The molecule has 1 saturated heterocycles. The SMILES string of the molecule is CC(C)CC1NC(c2ccccc2)N(CCN(C)C)C1=O. The highest BCUT2D eigenvalue weighted by Gasteiger charge is 2.39. The Bertz CT molecular complexity index is 458. The first kappa shape index (κ1) is 16.0. The molecule has 0 aromatic heterocycles. The van der Waals surface area contributed by atoms with E-state index < -0.39 is 0 Å². The third-order valence-electron chi connectivity index (χ3n) is 3.86. The zero-order chi connectivity index (χ0) is 15.4. The maximum atomic E-state index is 12.7. The molecule has 1 fully saturated rings. The van der Waals surface area contributed by atoms with Gasteiger partial charge in [-0.05, 0) is 32.0 Å². The Kier molecular flexibility index (Phi) is 5.37. The van der Waals surface area contributed by atoms with Gasteiger partial charge in [0.15, 0.2) is 0 Å². The highest BCUT2D eigenvalue weighted by molar-refractivity contribution is 5.84. The van der Waals surface area contributed by atoms with Gasteiger partial charge in [-0.15, -0.1) is 0 Å². The van der Waals surface area contributed by atoms with Gasteiger partial charge in [0, 0.05) is 13.1 Å². The van der Waals surface area contributed by atoms with Gasteiger partial charge in [-0.2, -0.15) is 0 Å². The monoisotopic (exact) mass is 289 g/mol. The third-order valence-corrected chi connectivity index (χ3v) is 3.86. The predicted molar refractivity (Wildman–Crippen MR) is 85.8 cm³/mol. The summed E-state index contributed by atoms with van der Waals surface area (Å²) in [6.07, 6.45) is 0.892. The highest BCUT2D eigenvalue weighted by Crippen LogP contribution is 2.27. The number of nitrogens with zero attached hydrogens (tertiary/aromatic N) is 2. The molecule has 2 rings (SSSR count). The maximum Gasteiger partial charge on any atom is 0.241 e. The van der Waals surface area contributed by atoms with E-state index >= 15 is 0 Å². The predicted octanol–water partition coefficient (Wildman–Crippen LogP) is 2.09. The fourth-order valence-corrected chi connectivity index (χ4v) is 2.78. The average molecular weight is 289 g/mol. The van der Waals surface area contributed by atoms with Crippen LogP contribution in [0.3, 0.4) is 0 Å². The lowest BCUT2D eigenvalue weighted by atomic mass is 10.0. The first-order chi connectivity index (χ1) is 9.99. The summed E-state index contributed by atoms with van der Waals surface area (Å²) in [4.78, 5) is 16.8. The molecule has 4 nitrogen and oxygen atoms in total. The van der Waals surface area contributed by atoms with E-state index in [1.165, 1.54) is 0 Å². The summed E-state index contributed by atoms with van der Waals surface area (Å²) in [6.45, 7) is 5.96. The molecule has 1 aromatic carbocycles. The van der Waals surface area contributed by atoms with E-state index in [0.717, 1.165) is 25.1 Å². The molecule has 0 aliphatic carbocycles. The lowest BCUT2D eigenvalue weighted by molar-refractivity contribution is -0.130. The first-order valence-electron chi connectivity index (χ1n) is 7.75. The van der Waals surface area contributed by atoms with Gasteiger partial charge < -0.3 is 9.80 Å². The van der Waals surface area contributed by atoms with Gasteiger partial charge in [-0.1, -0.05) is 44.2 Å². The van der Waals surface area contributed by atoms with Crippen molar-refractivity contribution in [1.82, 2.24) is 15.1 Å². The second-order valence-electron chi connectivity index (χ2n) is 6.50. The topological polar surface area (TPSA) is 35.6 Å². The number of nitrogens with one attached hydrogen (secondary N) is 1. The third kappa shape index (κ3) is 4.05. The summed E-state index contributed by atoms with van der Waals surface area (Å²) >= 11 is 0. The molecule has 2 atom stereocenters. The molecule has 0 bridgehead atoms. The van der Waals surface area contributed by atoms with Crippen LogP contribution in [0.5, 0.6) is 0 Å². The molecule has 1 aliphatic heterocycles. The van der Waals surface area contributed by atoms with E-state index in [1.54, 1.807) is 0 Å². The second-order valence-corrected chi connectivity index (χ2v) is 6.50. The molecule has 1 aromatic rings. The maximum absolute atomic E-state index is 12.7. The van der Waals surface area contributed by atoms with Crippen LogP contribution in [0.15, 0.2) is 30.3 Å². The number of carbonyl (C=O) groups excluding carboxylic acids is 1. The van der Waals surface area contributed by atoms with Crippen molar-refractivity contribution < 1.29 is 4.79 Å². The normalized spacial score (nSPS) is 22.6. The van der Waals surface area contributed by atoms with Crippen LogP contribution in [0.25, 0.3) is 0 Å². The number of carbonyl (C=O) groups is 1. The number of amides is 1. The Balaban J connectivity index is 2.17. The zero-order valence-corrected chi connectivity index (χ0v) is 13.5. The van der Waals surface area contributed by atoms with Gasteiger partial charge in [-0.3, -0.25) is 10.1 Å². The molecular weight excluding hydrogens is 262 g/mol. The van der Waals surface area contributed by atoms with Crippen molar-refractivity contribution in [2.45, 2.75) is 32.5 Å². The number of likely N-dealkylation sites (N-methyl/N-ethyl adjacent to an activating group) is 1. The number of benzene rings is 1. The molecule has 0 spiro atoms. The summed E-state index contributed by atoms with van der Waals surface area (Å²) in [5.41, 5.74) is 1.16. The lowest BCUT2D eigenvalue weighted by Gasteiger charge is -2.26.